The van der Waals surface area contributed by atoms with Crippen LogP contribution in [0, 0.1) is 6.92 Å². The highest BCUT2D eigenvalue weighted by molar-refractivity contribution is 7.10. The minimum atomic E-state index is 0.130. The third kappa shape index (κ3) is 2.46. The van der Waals surface area contributed by atoms with Crippen LogP contribution in [0.1, 0.15) is 36.0 Å². The molecular weight excluding hydrogens is 266 g/mol. The van der Waals surface area contributed by atoms with Gasteiger partial charge in [0.1, 0.15) is 0 Å². The summed E-state index contributed by atoms with van der Waals surface area (Å²) in [6.45, 7) is 8.05. The monoisotopic (exact) mass is 283 g/mol. The Hall–Kier alpha value is -0.840. The van der Waals surface area contributed by atoms with E-state index in [9.17, 15) is 0 Å². The van der Waals surface area contributed by atoms with Crippen molar-refractivity contribution in [3.8, 4) is 0 Å². The van der Waals surface area contributed by atoms with Gasteiger partial charge >= 0.3 is 0 Å². The highest BCUT2D eigenvalue weighted by atomic mass is 35.5. The molecule has 0 aliphatic heterocycles. The number of halogens is 1. The standard InChI is InChI=1S/C13H18ClN3S/c1-4-15-11(13-9(3)6-7-18-13)12-10(14)8-16-17(12)5-2/h6-8,11,15H,4-5H2,1-3H3. The number of nitrogens with zero attached hydrogens (tertiary/aromatic N) is 2. The van der Waals surface area contributed by atoms with Gasteiger partial charge in [0, 0.05) is 11.4 Å². The van der Waals surface area contributed by atoms with Gasteiger partial charge in [-0.15, -0.1) is 11.3 Å². The molecule has 2 rings (SSSR count). The number of nitrogens with one attached hydrogen (secondary N) is 1. The fourth-order valence-electron chi connectivity index (χ4n) is 2.11. The molecule has 1 unspecified atom stereocenters. The van der Waals surface area contributed by atoms with E-state index in [4.69, 9.17) is 11.6 Å². The summed E-state index contributed by atoms with van der Waals surface area (Å²) in [6.07, 6.45) is 1.73. The molecule has 18 heavy (non-hydrogen) atoms. The Kier molecular flexibility index (Phi) is 4.43. The summed E-state index contributed by atoms with van der Waals surface area (Å²) in [5.41, 5.74) is 2.36. The van der Waals surface area contributed by atoms with Crippen LogP contribution in [0.2, 0.25) is 5.02 Å². The first-order chi connectivity index (χ1) is 8.69. The van der Waals surface area contributed by atoms with E-state index in [2.05, 4.69) is 42.6 Å². The Morgan fingerprint density at radius 2 is 2.28 bits per heavy atom. The van der Waals surface area contributed by atoms with Crippen LogP contribution in [-0.2, 0) is 6.54 Å². The second-order valence-corrected chi connectivity index (χ2v) is 5.51. The molecule has 0 fully saturated rings. The fourth-order valence-corrected chi connectivity index (χ4v) is 3.36. The van der Waals surface area contributed by atoms with Crippen molar-refractivity contribution in [3.05, 3.63) is 38.8 Å². The van der Waals surface area contributed by atoms with Gasteiger partial charge in [-0.3, -0.25) is 4.68 Å². The van der Waals surface area contributed by atoms with E-state index >= 15 is 0 Å². The molecule has 0 aromatic carbocycles. The molecule has 1 atom stereocenters. The van der Waals surface area contributed by atoms with E-state index in [1.54, 1.807) is 17.5 Å². The summed E-state index contributed by atoms with van der Waals surface area (Å²) >= 11 is 8.07. The second kappa shape index (κ2) is 5.87. The molecule has 98 valence electrons. The fraction of sp³-hybridized carbons (Fsp3) is 0.462. The maximum absolute atomic E-state index is 6.30. The average molecular weight is 284 g/mol. The first-order valence-corrected chi connectivity index (χ1v) is 7.43. The summed E-state index contributed by atoms with van der Waals surface area (Å²) in [7, 11) is 0. The van der Waals surface area contributed by atoms with Crippen molar-refractivity contribution in [1.29, 1.82) is 0 Å². The lowest BCUT2D eigenvalue weighted by molar-refractivity contribution is 0.546. The quantitative estimate of drug-likeness (QED) is 0.908. The van der Waals surface area contributed by atoms with Crippen molar-refractivity contribution in [1.82, 2.24) is 15.1 Å². The van der Waals surface area contributed by atoms with Crippen LogP contribution in [-0.4, -0.2) is 16.3 Å². The Morgan fingerprint density at radius 3 is 2.83 bits per heavy atom. The number of hydrogen-bond acceptors (Lipinski definition) is 3. The van der Waals surface area contributed by atoms with Gasteiger partial charge in [-0.05, 0) is 37.4 Å². The molecule has 0 aliphatic rings. The summed E-state index contributed by atoms with van der Waals surface area (Å²) in [5, 5.41) is 10.7. The van der Waals surface area contributed by atoms with Gasteiger partial charge in [-0.2, -0.15) is 5.10 Å². The Balaban J connectivity index is 2.47. The van der Waals surface area contributed by atoms with Crippen molar-refractivity contribution in [2.45, 2.75) is 33.4 Å². The Bertz CT molecular complexity index is 518. The molecule has 0 bridgehead atoms. The Labute approximate surface area is 117 Å². The predicted molar refractivity (Wildman–Crippen MR) is 77.5 cm³/mol. The van der Waals surface area contributed by atoms with Gasteiger partial charge < -0.3 is 5.32 Å². The summed E-state index contributed by atoms with van der Waals surface area (Å²) in [6, 6.07) is 2.27. The predicted octanol–water partition coefficient (Wildman–Crippen LogP) is 3.63. The normalized spacial score (nSPS) is 12.9. The molecule has 2 aromatic heterocycles. The van der Waals surface area contributed by atoms with E-state index in [-0.39, 0.29) is 6.04 Å². The van der Waals surface area contributed by atoms with E-state index in [0.29, 0.717) is 0 Å². The van der Waals surface area contributed by atoms with Gasteiger partial charge in [0.25, 0.3) is 0 Å². The van der Waals surface area contributed by atoms with E-state index in [0.717, 1.165) is 23.8 Å². The highest BCUT2D eigenvalue weighted by Gasteiger charge is 2.23. The third-order valence-corrected chi connectivity index (χ3v) is 4.35. The molecule has 1 N–H and O–H groups in total. The lowest BCUT2D eigenvalue weighted by Gasteiger charge is -2.19. The second-order valence-electron chi connectivity index (χ2n) is 4.15. The molecule has 2 heterocycles. The third-order valence-electron chi connectivity index (χ3n) is 2.98. The van der Waals surface area contributed by atoms with E-state index < -0.39 is 0 Å². The molecular formula is C13H18ClN3S. The van der Waals surface area contributed by atoms with Crippen LogP contribution < -0.4 is 5.32 Å². The van der Waals surface area contributed by atoms with Crippen molar-refractivity contribution in [2.75, 3.05) is 6.54 Å². The molecule has 3 nitrogen and oxygen atoms in total. The van der Waals surface area contributed by atoms with Crippen LogP contribution >= 0.6 is 22.9 Å². The number of aryl methyl sites for hydroxylation is 2. The summed E-state index contributed by atoms with van der Waals surface area (Å²) in [4.78, 5) is 1.31. The molecule has 5 heteroatoms. The highest BCUT2D eigenvalue weighted by Crippen LogP contribution is 2.33. The summed E-state index contributed by atoms with van der Waals surface area (Å²) in [5.74, 6) is 0. The van der Waals surface area contributed by atoms with E-state index in [1.807, 2.05) is 4.68 Å². The van der Waals surface area contributed by atoms with Gasteiger partial charge in [-0.1, -0.05) is 18.5 Å². The van der Waals surface area contributed by atoms with Gasteiger partial charge in [0.05, 0.1) is 23.0 Å². The smallest absolute Gasteiger partial charge is 0.0859 e. The van der Waals surface area contributed by atoms with Crippen molar-refractivity contribution < 1.29 is 0 Å². The molecule has 0 amide bonds. The lowest BCUT2D eigenvalue weighted by atomic mass is 10.1. The molecule has 0 aliphatic carbocycles. The minimum absolute atomic E-state index is 0.130. The van der Waals surface area contributed by atoms with Crippen LogP contribution in [0.5, 0.6) is 0 Å². The Morgan fingerprint density at radius 1 is 1.50 bits per heavy atom. The van der Waals surface area contributed by atoms with Gasteiger partial charge in [0.15, 0.2) is 0 Å². The van der Waals surface area contributed by atoms with Crippen LogP contribution in [0.15, 0.2) is 17.6 Å². The molecule has 2 aromatic rings. The number of aromatic nitrogens is 2. The first kappa shape index (κ1) is 13.6. The lowest BCUT2D eigenvalue weighted by Crippen LogP contribution is -2.25. The maximum atomic E-state index is 6.30. The largest absolute Gasteiger partial charge is 0.305 e. The number of hydrogen-bond donors (Lipinski definition) is 1. The zero-order valence-electron chi connectivity index (χ0n) is 10.9. The molecule has 0 saturated carbocycles. The van der Waals surface area contributed by atoms with Crippen molar-refractivity contribution in [2.24, 2.45) is 0 Å². The molecule has 0 radical (unpaired) electrons. The maximum Gasteiger partial charge on any atom is 0.0859 e. The zero-order chi connectivity index (χ0) is 13.1. The van der Waals surface area contributed by atoms with Gasteiger partial charge in [0.2, 0.25) is 0 Å². The van der Waals surface area contributed by atoms with Crippen molar-refractivity contribution in [3.63, 3.8) is 0 Å². The van der Waals surface area contributed by atoms with E-state index in [1.165, 1.54) is 10.4 Å². The first-order valence-electron chi connectivity index (χ1n) is 6.17. The van der Waals surface area contributed by atoms with Crippen LogP contribution in [0.25, 0.3) is 0 Å². The van der Waals surface area contributed by atoms with Crippen LogP contribution in [0.4, 0.5) is 0 Å². The van der Waals surface area contributed by atoms with Crippen molar-refractivity contribution >= 4 is 22.9 Å². The zero-order valence-corrected chi connectivity index (χ0v) is 12.5. The molecule has 0 spiro atoms. The minimum Gasteiger partial charge on any atom is -0.305 e. The van der Waals surface area contributed by atoms with Crippen LogP contribution in [0.3, 0.4) is 0 Å². The number of rotatable bonds is 5. The van der Waals surface area contributed by atoms with Gasteiger partial charge in [-0.25, -0.2) is 0 Å². The number of thiophene rings is 1. The molecule has 0 saturated heterocycles. The SMILES string of the molecule is CCNC(c1sccc1C)c1c(Cl)cnn1CC. The topological polar surface area (TPSA) is 29.9 Å². The summed E-state index contributed by atoms with van der Waals surface area (Å²) < 4.78 is 1.97. The average Bonchev–Trinajstić information content (AvgIpc) is 2.93.